The average Bonchev–Trinajstić information content (AvgIpc) is 2.64. The molecule has 1 aromatic heterocycles. The number of hydrogen-bond acceptors (Lipinski definition) is 6. The monoisotopic (exact) mass is 270 g/mol. The van der Waals surface area contributed by atoms with E-state index in [2.05, 4.69) is 6.58 Å². The first-order chi connectivity index (χ1) is 8.95. The minimum Gasteiger partial charge on any atom is -0.393 e. The first-order valence-electron chi connectivity index (χ1n) is 5.55. The van der Waals surface area contributed by atoms with Crippen LogP contribution in [0.1, 0.15) is 6.23 Å². The van der Waals surface area contributed by atoms with Crippen LogP contribution in [0.4, 0.5) is 0 Å². The highest BCUT2D eigenvalue weighted by Crippen LogP contribution is 2.36. The Morgan fingerprint density at radius 1 is 1.53 bits per heavy atom. The van der Waals surface area contributed by atoms with Crippen LogP contribution < -0.4 is 11.2 Å². The Morgan fingerprint density at radius 3 is 2.68 bits per heavy atom. The molecule has 104 valence electrons. The molecule has 1 aliphatic rings. The van der Waals surface area contributed by atoms with E-state index in [9.17, 15) is 24.9 Å². The van der Waals surface area contributed by atoms with E-state index in [1.165, 1.54) is 0 Å². The molecule has 8 heteroatoms. The molecule has 0 spiro atoms. The smallest absolute Gasteiger partial charge is 0.330 e. The van der Waals surface area contributed by atoms with Crippen LogP contribution >= 0.6 is 0 Å². The number of rotatable bonds is 3. The van der Waals surface area contributed by atoms with Gasteiger partial charge in [0.05, 0.1) is 6.61 Å². The molecular formula is C11H14N2O6. The largest absolute Gasteiger partial charge is 0.393 e. The summed E-state index contributed by atoms with van der Waals surface area (Å²) in [7, 11) is 0. The molecule has 1 saturated heterocycles. The van der Waals surface area contributed by atoms with Crippen molar-refractivity contribution in [1.29, 1.82) is 0 Å². The number of aliphatic hydroxyl groups is 3. The summed E-state index contributed by atoms with van der Waals surface area (Å²) in [5.41, 5.74) is -2.94. The van der Waals surface area contributed by atoms with Gasteiger partial charge in [-0.3, -0.25) is 14.3 Å². The van der Waals surface area contributed by atoms with Crippen molar-refractivity contribution in [2.45, 2.75) is 24.0 Å². The minimum absolute atomic E-state index is 0.591. The highest BCUT2D eigenvalue weighted by molar-refractivity contribution is 5.10. The molecule has 2 heterocycles. The second-order valence-electron chi connectivity index (χ2n) is 4.28. The van der Waals surface area contributed by atoms with Gasteiger partial charge in [-0.15, -0.1) is 6.58 Å². The summed E-state index contributed by atoms with van der Waals surface area (Å²) >= 11 is 0. The lowest BCUT2D eigenvalue weighted by Crippen LogP contribution is -2.44. The fourth-order valence-corrected chi connectivity index (χ4v) is 2.02. The molecule has 19 heavy (non-hydrogen) atoms. The molecule has 4 N–H and O–H groups in total. The van der Waals surface area contributed by atoms with Crippen LogP contribution in [0.5, 0.6) is 0 Å². The van der Waals surface area contributed by atoms with Gasteiger partial charge in [-0.2, -0.15) is 0 Å². The van der Waals surface area contributed by atoms with Gasteiger partial charge in [0.1, 0.15) is 17.8 Å². The third kappa shape index (κ3) is 2.04. The first-order valence-corrected chi connectivity index (χ1v) is 5.55. The average molecular weight is 270 g/mol. The van der Waals surface area contributed by atoms with Gasteiger partial charge < -0.3 is 20.1 Å². The van der Waals surface area contributed by atoms with Crippen molar-refractivity contribution >= 4 is 0 Å². The fourth-order valence-electron chi connectivity index (χ4n) is 2.02. The zero-order valence-electron chi connectivity index (χ0n) is 9.89. The van der Waals surface area contributed by atoms with Crippen molar-refractivity contribution in [3.8, 4) is 0 Å². The summed E-state index contributed by atoms with van der Waals surface area (Å²) in [5, 5.41) is 29.1. The Morgan fingerprint density at radius 2 is 2.21 bits per heavy atom. The summed E-state index contributed by atoms with van der Waals surface area (Å²) < 4.78 is 6.28. The summed E-state index contributed by atoms with van der Waals surface area (Å²) in [6.45, 7) is 2.83. The van der Waals surface area contributed by atoms with E-state index in [1.54, 1.807) is 0 Å². The molecule has 4 atom stereocenters. The number of nitrogens with zero attached hydrogens (tertiary/aromatic N) is 1. The number of ether oxygens (including phenoxy) is 1. The fraction of sp³-hybridized carbons (Fsp3) is 0.455. The molecule has 0 radical (unpaired) electrons. The number of H-pyrrole nitrogens is 1. The van der Waals surface area contributed by atoms with Gasteiger partial charge in [-0.05, 0) is 0 Å². The van der Waals surface area contributed by atoms with Crippen molar-refractivity contribution in [3.63, 3.8) is 0 Å². The lowest BCUT2D eigenvalue weighted by atomic mass is 9.96. The van der Waals surface area contributed by atoms with E-state index in [-0.39, 0.29) is 0 Å². The predicted molar refractivity (Wildman–Crippen MR) is 63.5 cm³/mol. The van der Waals surface area contributed by atoms with Gasteiger partial charge >= 0.3 is 5.69 Å². The third-order valence-corrected chi connectivity index (χ3v) is 3.17. The Balaban J connectivity index is 2.45. The molecule has 1 aromatic rings. The van der Waals surface area contributed by atoms with Crippen LogP contribution in [0.25, 0.3) is 0 Å². The molecule has 0 amide bonds. The number of hydrogen-bond donors (Lipinski definition) is 4. The Labute approximate surface area is 107 Å². The Hall–Kier alpha value is -1.74. The second kappa shape index (κ2) is 4.74. The van der Waals surface area contributed by atoms with E-state index in [0.29, 0.717) is 0 Å². The number of aromatic amines is 1. The van der Waals surface area contributed by atoms with E-state index < -0.39 is 41.9 Å². The van der Waals surface area contributed by atoms with E-state index in [4.69, 9.17) is 4.74 Å². The van der Waals surface area contributed by atoms with Gasteiger partial charge in [-0.1, -0.05) is 6.08 Å². The summed E-state index contributed by atoms with van der Waals surface area (Å²) in [6, 6.07) is 1.08. The van der Waals surface area contributed by atoms with E-state index in [1.807, 2.05) is 4.98 Å². The molecular weight excluding hydrogens is 256 g/mol. The summed E-state index contributed by atoms with van der Waals surface area (Å²) in [6.07, 6.45) is -1.83. The van der Waals surface area contributed by atoms with Crippen LogP contribution in [-0.4, -0.2) is 49.3 Å². The molecule has 0 aliphatic carbocycles. The maximum Gasteiger partial charge on any atom is 0.330 e. The second-order valence-corrected chi connectivity index (χ2v) is 4.28. The normalized spacial score (nSPS) is 34.4. The standard InChI is InChI=1S/C11H14N2O6/c1-2-11(5-14)8(17)7(16)9(19-11)13-4-3-6(15)12-10(13)18/h2-4,7-9,14,16-17H,1,5H2,(H,12,15,18). The van der Waals surface area contributed by atoms with Crippen molar-refractivity contribution in [1.82, 2.24) is 9.55 Å². The van der Waals surface area contributed by atoms with Gasteiger partial charge in [0.25, 0.3) is 5.56 Å². The quantitative estimate of drug-likeness (QED) is 0.458. The third-order valence-electron chi connectivity index (χ3n) is 3.17. The molecule has 0 saturated carbocycles. The molecule has 1 aliphatic heterocycles. The molecule has 2 rings (SSSR count). The number of aromatic nitrogens is 2. The Kier molecular flexibility index (Phi) is 3.42. The first kappa shape index (κ1) is 13.7. The number of nitrogens with one attached hydrogen (secondary N) is 1. The molecule has 0 bridgehead atoms. The predicted octanol–water partition coefficient (Wildman–Crippen LogP) is -2.30. The van der Waals surface area contributed by atoms with E-state index in [0.717, 1.165) is 22.9 Å². The van der Waals surface area contributed by atoms with E-state index >= 15 is 0 Å². The van der Waals surface area contributed by atoms with Crippen LogP contribution in [0.15, 0.2) is 34.5 Å². The summed E-state index contributed by atoms with van der Waals surface area (Å²) in [5.74, 6) is 0. The van der Waals surface area contributed by atoms with Crippen molar-refractivity contribution < 1.29 is 20.1 Å². The maximum absolute atomic E-state index is 11.6. The van der Waals surface area contributed by atoms with Crippen LogP contribution in [0.2, 0.25) is 0 Å². The molecule has 8 nitrogen and oxygen atoms in total. The molecule has 4 unspecified atom stereocenters. The van der Waals surface area contributed by atoms with Gasteiger partial charge in [0.2, 0.25) is 0 Å². The molecule has 0 aromatic carbocycles. The highest BCUT2D eigenvalue weighted by Gasteiger charge is 2.53. The zero-order valence-corrected chi connectivity index (χ0v) is 9.89. The van der Waals surface area contributed by atoms with Gasteiger partial charge in [0.15, 0.2) is 6.23 Å². The lowest BCUT2D eigenvalue weighted by molar-refractivity contribution is -0.0993. The minimum atomic E-state index is -1.56. The van der Waals surface area contributed by atoms with Crippen molar-refractivity contribution in [3.05, 3.63) is 45.8 Å². The van der Waals surface area contributed by atoms with Crippen molar-refractivity contribution in [2.75, 3.05) is 6.61 Å². The maximum atomic E-state index is 11.6. The van der Waals surface area contributed by atoms with Crippen LogP contribution in [0.3, 0.4) is 0 Å². The van der Waals surface area contributed by atoms with Gasteiger partial charge in [-0.25, -0.2) is 4.79 Å². The van der Waals surface area contributed by atoms with Gasteiger partial charge in [0, 0.05) is 12.3 Å². The zero-order chi connectivity index (χ0) is 14.2. The topological polar surface area (TPSA) is 125 Å². The van der Waals surface area contributed by atoms with Crippen LogP contribution in [-0.2, 0) is 4.74 Å². The molecule has 1 fully saturated rings. The highest BCUT2D eigenvalue weighted by atomic mass is 16.6. The Bertz CT molecular complexity index is 593. The SMILES string of the molecule is C=CC1(CO)OC(n2ccc(=O)[nH]c2=O)C(O)C1O. The number of aliphatic hydroxyl groups excluding tert-OH is 3. The lowest BCUT2D eigenvalue weighted by Gasteiger charge is -2.25. The van der Waals surface area contributed by atoms with Crippen molar-refractivity contribution in [2.24, 2.45) is 0 Å². The summed E-state index contributed by atoms with van der Waals surface area (Å²) in [4.78, 5) is 24.6. The van der Waals surface area contributed by atoms with Crippen LogP contribution in [0, 0.1) is 0 Å².